The van der Waals surface area contributed by atoms with E-state index in [4.69, 9.17) is 0 Å². The Morgan fingerprint density at radius 1 is 0.617 bits per heavy atom. The molecule has 7 aromatic carbocycles. The Morgan fingerprint density at radius 2 is 1.32 bits per heavy atom. The van der Waals surface area contributed by atoms with Crippen LogP contribution in [0, 0.1) is 0 Å². The summed E-state index contributed by atoms with van der Waals surface area (Å²) in [7, 11) is 2.16. The van der Waals surface area contributed by atoms with Crippen LogP contribution in [0.1, 0.15) is 31.9 Å². The molecule has 0 N–H and O–H groups in total. The molecule has 0 bridgehead atoms. The molecule has 0 aliphatic rings. The first kappa shape index (κ1) is 28.1. The summed E-state index contributed by atoms with van der Waals surface area (Å²) in [6.45, 7) is 7.79. The van der Waals surface area contributed by atoms with Crippen LogP contribution >= 0.6 is 11.3 Å². The Balaban J connectivity index is 1.39. The van der Waals surface area contributed by atoms with Gasteiger partial charge in [0.15, 0.2) is 0 Å². The number of thiophene rings is 1. The van der Waals surface area contributed by atoms with E-state index in [1.807, 2.05) is 11.3 Å². The van der Waals surface area contributed by atoms with E-state index in [9.17, 15) is 0 Å². The van der Waals surface area contributed by atoms with Crippen LogP contribution in [-0.4, -0.2) is 11.6 Å². The fourth-order valence-electron chi connectivity index (χ4n) is 7.51. The van der Waals surface area contributed by atoms with Gasteiger partial charge in [0, 0.05) is 66.7 Å². The van der Waals surface area contributed by atoms with Gasteiger partial charge in [-0.2, -0.15) is 0 Å². The van der Waals surface area contributed by atoms with E-state index in [1.165, 1.54) is 86.0 Å². The molecular formula is C44H36N2S. The van der Waals surface area contributed by atoms with Gasteiger partial charge in [0.05, 0.1) is 11.0 Å². The Hall–Kier alpha value is -5.12. The molecule has 0 saturated carbocycles. The molecule has 228 valence electrons. The number of anilines is 1. The Bertz CT molecular complexity index is 2630. The third-order valence-electron chi connectivity index (χ3n) is 9.90. The van der Waals surface area contributed by atoms with Gasteiger partial charge in [-0.15, -0.1) is 11.3 Å². The first-order valence-electron chi connectivity index (χ1n) is 16.5. The first-order valence-corrected chi connectivity index (χ1v) is 17.3. The van der Waals surface area contributed by atoms with Gasteiger partial charge in [-0.05, 0) is 69.8 Å². The van der Waals surface area contributed by atoms with E-state index in [1.54, 1.807) is 0 Å². The Labute approximate surface area is 279 Å². The summed E-state index contributed by atoms with van der Waals surface area (Å²) in [5.41, 5.74) is 7.67. The van der Waals surface area contributed by atoms with E-state index >= 15 is 0 Å². The average molecular weight is 625 g/mol. The highest BCUT2D eigenvalue weighted by molar-refractivity contribution is 7.27. The average Bonchev–Trinajstić information content (AvgIpc) is 3.65. The lowest BCUT2D eigenvalue weighted by Gasteiger charge is -2.19. The van der Waals surface area contributed by atoms with Crippen LogP contribution in [0.25, 0.3) is 69.2 Å². The van der Waals surface area contributed by atoms with Gasteiger partial charge in [-0.1, -0.05) is 112 Å². The predicted octanol–water partition coefficient (Wildman–Crippen LogP) is 12.4. The summed E-state index contributed by atoms with van der Waals surface area (Å²) >= 11 is 1.94. The van der Waals surface area contributed by atoms with Gasteiger partial charge in [-0.25, -0.2) is 0 Å². The van der Waals surface area contributed by atoms with Crippen molar-refractivity contribution in [1.29, 1.82) is 0 Å². The van der Waals surface area contributed by atoms with Crippen molar-refractivity contribution in [3.05, 3.63) is 145 Å². The lowest BCUT2D eigenvalue weighted by atomic mass is 9.86. The van der Waals surface area contributed by atoms with E-state index in [0.29, 0.717) is 0 Å². The standard InChI is InChI=1S/C44H36N2S/c1-44(2,3)30-21-25-38-36(26-30)40-41-39-33-15-9-8-12-29(33)20-24-37(39)46(42(41)34-16-10-11-17-35(34)43(40)47-38)32-22-18-28(19-23-32)27-45(4)31-13-6-5-7-14-31/h5-26H,27H2,1-4H3. The highest BCUT2D eigenvalue weighted by Gasteiger charge is 2.24. The van der Waals surface area contributed by atoms with Crippen molar-refractivity contribution in [2.24, 2.45) is 0 Å². The molecular weight excluding hydrogens is 589 g/mol. The predicted molar refractivity (Wildman–Crippen MR) is 206 cm³/mol. The molecule has 0 atom stereocenters. The summed E-state index contributed by atoms with van der Waals surface area (Å²) in [6, 6.07) is 49.5. The second-order valence-corrected chi connectivity index (χ2v) is 15.0. The molecule has 0 aliphatic carbocycles. The minimum absolute atomic E-state index is 0.0649. The molecule has 0 unspecified atom stereocenters. The third kappa shape index (κ3) is 4.37. The second kappa shape index (κ2) is 10.4. The van der Waals surface area contributed by atoms with E-state index in [2.05, 4.69) is 171 Å². The molecule has 2 nitrogen and oxygen atoms in total. The molecule has 2 heterocycles. The third-order valence-corrected chi connectivity index (χ3v) is 11.1. The molecule has 0 fully saturated rings. The maximum atomic E-state index is 2.53. The molecule has 0 aliphatic heterocycles. The molecule has 9 aromatic rings. The molecule has 0 spiro atoms. The van der Waals surface area contributed by atoms with Crippen LogP contribution in [0.15, 0.2) is 133 Å². The minimum atomic E-state index is 0.0649. The molecule has 47 heavy (non-hydrogen) atoms. The van der Waals surface area contributed by atoms with Crippen LogP contribution in [0.2, 0.25) is 0 Å². The fraction of sp³-hybridized carbons (Fsp3) is 0.136. The van der Waals surface area contributed by atoms with Gasteiger partial charge in [0.2, 0.25) is 0 Å². The number of rotatable bonds is 4. The van der Waals surface area contributed by atoms with Gasteiger partial charge in [0.25, 0.3) is 0 Å². The minimum Gasteiger partial charge on any atom is -0.370 e. The Morgan fingerprint density at radius 3 is 2.09 bits per heavy atom. The number of nitrogens with zero attached hydrogens (tertiary/aromatic N) is 2. The maximum Gasteiger partial charge on any atom is 0.0626 e. The summed E-state index contributed by atoms with van der Waals surface area (Å²) in [5, 5.41) is 10.6. The lowest BCUT2D eigenvalue weighted by molar-refractivity contribution is 0.591. The van der Waals surface area contributed by atoms with Crippen LogP contribution < -0.4 is 4.90 Å². The van der Waals surface area contributed by atoms with E-state index in [-0.39, 0.29) is 5.41 Å². The Kier molecular flexibility index (Phi) is 6.25. The van der Waals surface area contributed by atoms with Gasteiger partial charge >= 0.3 is 0 Å². The normalized spacial score (nSPS) is 12.3. The smallest absolute Gasteiger partial charge is 0.0626 e. The summed E-state index contributed by atoms with van der Waals surface area (Å²) < 4.78 is 5.25. The van der Waals surface area contributed by atoms with Crippen LogP contribution in [0.3, 0.4) is 0 Å². The van der Waals surface area contributed by atoms with Crippen molar-refractivity contribution in [3.63, 3.8) is 0 Å². The number of benzene rings is 7. The lowest BCUT2D eigenvalue weighted by Crippen LogP contribution is -2.16. The number of fused-ring (bicyclic) bond motifs is 12. The van der Waals surface area contributed by atoms with E-state index in [0.717, 1.165) is 6.54 Å². The molecule has 3 heteroatoms. The zero-order chi connectivity index (χ0) is 31.9. The number of hydrogen-bond acceptors (Lipinski definition) is 2. The topological polar surface area (TPSA) is 8.17 Å². The number of aromatic nitrogens is 1. The van der Waals surface area contributed by atoms with Crippen LogP contribution in [0.5, 0.6) is 0 Å². The van der Waals surface area contributed by atoms with Crippen molar-refractivity contribution in [3.8, 4) is 5.69 Å². The highest BCUT2D eigenvalue weighted by atomic mass is 32.1. The summed E-state index contributed by atoms with van der Waals surface area (Å²) in [5.74, 6) is 0. The van der Waals surface area contributed by atoms with Gasteiger partial charge in [-0.3, -0.25) is 0 Å². The highest BCUT2D eigenvalue weighted by Crippen LogP contribution is 2.49. The largest absolute Gasteiger partial charge is 0.370 e. The van der Waals surface area contributed by atoms with Crippen molar-refractivity contribution in [2.75, 3.05) is 11.9 Å². The van der Waals surface area contributed by atoms with Crippen molar-refractivity contribution in [2.45, 2.75) is 32.7 Å². The van der Waals surface area contributed by atoms with Crippen molar-refractivity contribution >= 4 is 80.5 Å². The molecule has 0 radical (unpaired) electrons. The first-order chi connectivity index (χ1) is 22.9. The second-order valence-electron chi connectivity index (χ2n) is 13.9. The number of hydrogen-bond donors (Lipinski definition) is 0. The molecule has 0 saturated heterocycles. The molecule has 0 amide bonds. The van der Waals surface area contributed by atoms with Gasteiger partial charge < -0.3 is 9.47 Å². The van der Waals surface area contributed by atoms with Crippen LogP contribution in [-0.2, 0) is 12.0 Å². The zero-order valence-electron chi connectivity index (χ0n) is 27.2. The SMILES string of the molecule is CN(Cc1ccc(-n2c3ccc4ccccc4c3c3c4c5cc(C(C)(C)C)ccc5sc4c4ccccc4c32)cc1)c1ccccc1. The van der Waals surface area contributed by atoms with Crippen LogP contribution in [0.4, 0.5) is 5.69 Å². The number of para-hydroxylation sites is 1. The summed E-state index contributed by atoms with van der Waals surface area (Å²) in [4.78, 5) is 2.30. The van der Waals surface area contributed by atoms with E-state index < -0.39 is 0 Å². The quantitative estimate of drug-likeness (QED) is 0.189. The summed E-state index contributed by atoms with van der Waals surface area (Å²) in [6.07, 6.45) is 0. The van der Waals surface area contributed by atoms with Crippen molar-refractivity contribution in [1.82, 2.24) is 4.57 Å². The van der Waals surface area contributed by atoms with Gasteiger partial charge in [0.1, 0.15) is 0 Å². The van der Waals surface area contributed by atoms with Crippen molar-refractivity contribution < 1.29 is 0 Å². The fourth-order valence-corrected chi connectivity index (χ4v) is 8.74. The zero-order valence-corrected chi connectivity index (χ0v) is 28.0. The molecule has 9 rings (SSSR count). The molecule has 2 aromatic heterocycles. The maximum absolute atomic E-state index is 2.53. The monoisotopic (exact) mass is 624 g/mol.